The highest BCUT2D eigenvalue weighted by Gasteiger charge is 2.09. The highest BCUT2D eigenvalue weighted by atomic mass is 16.4. The molecule has 0 saturated heterocycles. The second-order valence-electron chi connectivity index (χ2n) is 4.39. The number of nitrogens with zero attached hydrogens (tertiary/aromatic N) is 2. The SMILES string of the molecule is CN(CCC(=O)O)CCC(=O)O.O=CN(CC(=O)O)CC(=O)O. The predicted octanol–water partition coefficient (Wildman–Crippen LogP) is -1.52. The Bertz CT molecular complexity index is 391. The average Bonchev–Trinajstić information content (AvgIpc) is 2.41. The number of aliphatic carboxylic acids is 4. The van der Waals surface area contributed by atoms with Gasteiger partial charge in [-0.1, -0.05) is 0 Å². The molecular weight excluding hydrogens is 316 g/mol. The first-order valence-corrected chi connectivity index (χ1v) is 6.33. The van der Waals surface area contributed by atoms with Gasteiger partial charge >= 0.3 is 23.9 Å². The second-order valence-corrected chi connectivity index (χ2v) is 4.39. The number of carbonyl (C=O) groups is 5. The number of carbonyl (C=O) groups excluding carboxylic acids is 1. The van der Waals surface area contributed by atoms with E-state index in [-0.39, 0.29) is 19.3 Å². The summed E-state index contributed by atoms with van der Waals surface area (Å²) in [5.74, 6) is -4.20. The van der Waals surface area contributed by atoms with Gasteiger partial charge in [0.1, 0.15) is 13.1 Å². The monoisotopic (exact) mass is 336 g/mol. The lowest BCUT2D eigenvalue weighted by molar-refractivity contribution is -0.145. The molecular formula is C12H20N2O9. The molecule has 0 aliphatic heterocycles. The molecule has 11 heteroatoms. The number of amides is 1. The molecule has 0 aromatic carbocycles. The maximum Gasteiger partial charge on any atom is 0.323 e. The van der Waals surface area contributed by atoms with Crippen LogP contribution >= 0.6 is 0 Å². The Kier molecular flexibility index (Phi) is 12.8. The molecule has 0 aromatic rings. The quantitative estimate of drug-likeness (QED) is 0.324. The van der Waals surface area contributed by atoms with Gasteiger partial charge in [-0.3, -0.25) is 24.0 Å². The third kappa shape index (κ3) is 19.3. The third-order valence-electron chi connectivity index (χ3n) is 2.24. The Morgan fingerprint density at radius 1 is 0.783 bits per heavy atom. The number of hydrogen-bond acceptors (Lipinski definition) is 6. The van der Waals surface area contributed by atoms with Gasteiger partial charge in [0.15, 0.2) is 0 Å². The predicted molar refractivity (Wildman–Crippen MR) is 74.9 cm³/mol. The fraction of sp³-hybridized carbons (Fsp3) is 0.583. The van der Waals surface area contributed by atoms with Crippen LogP contribution in [0.15, 0.2) is 0 Å². The van der Waals surface area contributed by atoms with Crippen LogP contribution in [0, 0.1) is 0 Å². The molecule has 0 heterocycles. The minimum atomic E-state index is -1.24. The van der Waals surface area contributed by atoms with E-state index in [1.165, 1.54) is 0 Å². The van der Waals surface area contributed by atoms with E-state index in [0.717, 1.165) is 0 Å². The molecule has 0 fully saturated rings. The van der Waals surface area contributed by atoms with Crippen molar-refractivity contribution in [3.63, 3.8) is 0 Å². The van der Waals surface area contributed by atoms with Crippen LogP contribution in [-0.2, 0) is 24.0 Å². The zero-order valence-electron chi connectivity index (χ0n) is 12.5. The maximum absolute atomic E-state index is 10.1. The second kappa shape index (κ2) is 13.0. The molecule has 0 atom stereocenters. The van der Waals surface area contributed by atoms with Crippen LogP contribution in [0.4, 0.5) is 0 Å². The number of hydrogen-bond donors (Lipinski definition) is 4. The first-order chi connectivity index (χ1) is 10.6. The van der Waals surface area contributed by atoms with E-state index in [1.54, 1.807) is 11.9 Å². The highest BCUT2D eigenvalue weighted by Crippen LogP contribution is 1.90. The minimum absolute atomic E-state index is 0.0517. The molecule has 1 amide bonds. The van der Waals surface area contributed by atoms with Crippen LogP contribution in [-0.4, -0.2) is 93.7 Å². The Balaban J connectivity index is 0. The third-order valence-corrected chi connectivity index (χ3v) is 2.24. The number of carboxylic acids is 4. The molecule has 0 rings (SSSR count). The average molecular weight is 336 g/mol. The summed E-state index contributed by atoms with van der Waals surface area (Å²) in [5.41, 5.74) is 0. The molecule has 0 radical (unpaired) electrons. The van der Waals surface area contributed by atoms with E-state index >= 15 is 0 Å². The minimum Gasteiger partial charge on any atom is -0.481 e. The number of rotatable bonds is 11. The van der Waals surface area contributed by atoms with E-state index in [2.05, 4.69) is 0 Å². The van der Waals surface area contributed by atoms with Crippen molar-refractivity contribution in [2.24, 2.45) is 0 Å². The summed E-state index contributed by atoms with van der Waals surface area (Å²) >= 11 is 0. The van der Waals surface area contributed by atoms with Crippen LogP contribution in [0.1, 0.15) is 12.8 Å². The van der Waals surface area contributed by atoms with Crippen molar-refractivity contribution in [2.45, 2.75) is 12.8 Å². The molecule has 23 heavy (non-hydrogen) atoms. The first-order valence-electron chi connectivity index (χ1n) is 6.33. The Morgan fingerprint density at radius 2 is 1.13 bits per heavy atom. The smallest absolute Gasteiger partial charge is 0.323 e. The first kappa shape index (κ1) is 22.6. The van der Waals surface area contributed by atoms with Gasteiger partial charge in [0, 0.05) is 13.1 Å². The molecule has 0 spiro atoms. The molecule has 0 aliphatic carbocycles. The van der Waals surface area contributed by atoms with Crippen molar-refractivity contribution in [2.75, 3.05) is 33.2 Å². The lowest BCUT2D eigenvalue weighted by atomic mass is 10.3. The Labute approximate surface area is 131 Å². The van der Waals surface area contributed by atoms with Crippen LogP contribution in [0.2, 0.25) is 0 Å². The van der Waals surface area contributed by atoms with Crippen molar-refractivity contribution in [1.82, 2.24) is 9.80 Å². The van der Waals surface area contributed by atoms with Gasteiger partial charge in [-0.25, -0.2) is 0 Å². The molecule has 0 bridgehead atoms. The number of carboxylic acid groups (broad SMARTS) is 4. The van der Waals surface area contributed by atoms with E-state index < -0.39 is 37.0 Å². The summed E-state index contributed by atoms with van der Waals surface area (Å²) in [4.78, 5) is 52.4. The fourth-order valence-electron chi connectivity index (χ4n) is 1.16. The van der Waals surface area contributed by atoms with E-state index in [0.29, 0.717) is 18.0 Å². The highest BCUT2D eigenvalue weighted by molar-refractivity contribution is 5.76. The van der Waals surface area contributed by atoms with Gasteiger partial charge in [0.05, 0.1) is 12.8 Å². The lowest BCUT2D eigenvalue weighted by Crippen LogP contribution is -2.33. The van der Waals surface area contributed by atoms with E-state index in [9.17, 15) is 24.0 Å². The Hall–Kier alpha value is -2.69. The summed E-state index contributed by atoms with van der Waals surface area (Å²) < 4.78 is 0. The van der Waals surface area contributed by atoms with Crippen molar-refractivity contribution in [3.05, 3.63) is 0 Å². The fourth-order valence-corrected chi connectivity index (χ4v) is 1.16. The van der Waals surface area contributed by atoms with Crippen molar-refractivity contribution < 1.29 is 44.4 Å². The van der Waals surface area contributed by atoms with Crippen molar-refractivity contribution >= 4 is 30.3 Å². The summed E-state index contributed by atoms with van der Waals surface area (Å²) in [6, 6.07) is 0. The zero-order valence-corrected chi connectivity index (χ0v) is 12.5. The molecule has 132 valence electrons. The summed E-state index contributed by atoms with van der Waals surface area (Å²) in [6.45, 7) is -0.392. The molecule has 4 N–H and O–H groups in total. The Morgan fingerprint density at radius 3 is 1.35 bits per heavy atom. The molecule has 0 saturated carbocycles. The van der Waals surface area contributed by atoms with Crippen LogP contribution < -0.4 is 0 Å². The van der Waals surface area contributed by atoms with Crippen molar-refractivity contribution in [3.8, 4) is 0 Å². The van der Waals surface area contributed by atoms with Gasteiger partial charge in [0.25, 0.3) is 0 Å². The lowest BCUT2D eigenvalue weighted by Gasteiger charge is -2.12. The van der Waals surface area contributed by atoms with Gasteiger partial charge in [-0.05, 0) is 7.05 Å². The summed E-state index contributed by atoms with van der Waals surface area (Å²) in [7, 11) is 1.70. The van der Waals surface area contributed by atoms with Crippen LogP contribution in [0.5, 0.6) is 0 Å². The standard InChI is InChI=1S/C7H13NO4.C5H7NO5/c1-8(4-2-6(9)10)5-3-7(11)12;7-3-6(1-4(8)9)2-5(10)11/h2-5H2,1H3,(H,9,10)(H,11,12);3H,1-2H2,(H,8,9)(H,10,11). The molecule has 0 aliphatic rings. The largest absolute Gasteiger partial charge is 0.481 e. The molecule has 0 aromatic heterocycles. The van der Waals surface area contributed by atoms with E-state index in [4.69, 9.17) is 20.4 Å². The van der Waals surface area contributed by atoms with Gasteiger partial charge < -0.3 is 30.2 Å². The van der Waals surface area contributed by atoms with Gasteiger partial charge in [-0.15, -0.1) is 0 Å². The zero-order chi connectivity index (χ0) is 18.4. The van der Waals surface area contributed by atoms with Crippen LogP contribution in [0.3, 0.4) is 0 Å². The van der Waals surface area contributed by atoms with Gasteiger partial charge in [-0.2, -0.15) is 0 Å². The topological polar surface area (TPSA) is 173 Å². The maximum atomic E-state index is 10.1. The van der Waals surface area contributed by atoms with Crippen molar-refractivity contribution in [1.29, 1.82) is 0 Å². The van der Waals surface area contributed by atoms with Crippen LogP contribution in [0.25, 0.3) is 0 Å². The normalized spacial score (nSPS) is 9.48. The molecule has 0 unspecified atom stereocenters. The summed E-state index contributed by atoms with van der Waals surface area (Å²) in [6.07, 6.45) is 0.286. The summed E-state index contributed by atoms with van der Waals surface area (Å²) in [5, 5.41) is 32.9. The molecule has 11 nitrogen and oxygen atoms in total. The van der Waals surface area contributed by atoms with Gasteiger partial charge in [0.2, 0.25) is 6.41 Å². The van der Waals surface area contributed by atoms with E-state index in [1.807, 2.05) is 0 Å².